The van der Waals surface area contributed by atoms with Gasteiger partial charge in [0, 0.05) is 6.42 Å². The predicted octanol–water partition coefficient (Wildman–Crippen LogP) is 3.11. The molecule has 0 rings (SSSR count). The molecule has 0 saturated heterocycles. The van der Waals surface area contributed by atoms with Crippen LogP contribution in [0.25, 0.3) is 0 Å². The van der Waals surface area contributed by atoms with E-state index in [0.29, 0.717) is 5.92 Å². The van der Waals surface area contributed by atoms with Crippen LogP contribution >= 0.6 is 0 Å². The lowest BCUT2D eigenvalue weighted by molar-refractivity contribution is 0.0668. The van der Waals surface area contributed by atoms with Crippen molar-refractivity contribution in [3.8, 4) is 0 Å². The maximum Gasteiger partial charge on any atom is 0.0886 e. The average molecular weight is 200 g/mol. The van der Waals surface area contributed by atoms with Gasteiger partial charge in [0.15, 0.2) is 0 Å². The molecule has 1 unspecified atom stereocenters. The molecular formula is C12H24O2. The second-order valence-electron chi connectivity index (χ2n) is 4.76. The van der Waals surface area contributed by atoms with E-state index < -0.39 is 5.60 Å². The van der Waals surface area contributed by atoms with Gasteiger partial charge < -0.3 is 9.84 Å². The Morgan fingerprint density at radius 1 is 1.50 bits per heavy atom. The summed E-state index contributed by atoms with van der Waals surface area (Å²) in [7, 11) is 1.66. The molecule has 0 aliphatic rings. The summed E-state index contributed by atoms with van der Waals surface area (Å²) in [5.41, 5.74) is -0.530. The van der Waals surface area contributed by atoms with Crippen molar-refractivity contribution in [3.63, 3.8) is 0 Å². The first kappa shape index (κ1) is 13.5. The van der Waals surface area contributed by atoms with Crippen LogP contribution in [0.4, 0.5) is 0 Å². The second kappa shape index (κ2) is 6.07. The predicted molar refractivity (Wildman–Crippen MR) is 60.1 cm³/mol. The van der Waals surface area contributed by atoms with Crippen molar-refractivity contribution in [2.24, 2.45) is 5.92 Å². The van der Waals surface area contributed by atoms with E-state index in [0.717, 1.165) is 31.4 Å². The topological polar surface area (TPSA) is 29.5 Å². The lowest BCUT2D eigenvalue weighted by atomic mass is 9.95. The lowest BCUT2D eigenvalue weighted by Crippen LogP contribution is -2.18. The van der Waals surface area contributed by atoms with E-state index in [2.05, 4.69) is 13.5 Å². The highest BCUT2D eigenvalue weighted by Crippen LogP contribution is 2.19. The Morgan fingerprint density at radius 2 is 2.07 bits per heavy atom. The molecule has 0 spiro atoms. The minimum absolute atomic E-state index is 0.530. The van der Waals surface area contributed by atoms with Gasteiger partial charge in [-0.05, 0) is 26.2 Å². The molecule has 0 aliphatic heterocycles. The highest BCUT2D eigenvalue weighted by Gasteiger charge is 2.13. The SMILES string of the molecule is C=C(CC(C)CCCC(C)(C)O)OC. The van der Waals surface area contributed by atoms with Gasteiger partial charge in [0.25, 0.3) is 0 Å². The molecule has 0 radical (unpaired) electrons. The number of allylic oxidation sites excluding steroid dienone is 1. The molecule has 0 aliphatic carbocycles. The van der Waals surface area contributed by atoms with Gasteiger partial charge in [0.2, 0.25) is 0 Å². The molecule has 0 amide bonds. The molecule has 0 aromatic heterocycles. The molecule has 0 saturated carbocycles. The normalized spacial score (nSPS) is 13.8. The number of hydrogen-bond acceptors (Lipinski definition) is 2. The third-order valence-electron chi connectivity index (χ3n) is 2.35. The quantitative estimate of drug-likeness (QED) is 0.640. The molecule has 1 N–H and O–H groups in total. The number of hydrogen-bond donors (Lipinski definition) is 1. The van der Waals surface area contributed by atoms with E-state index in [4.69, 9.17) is 4.74 Å². The Labute approximate surface area is 88.0 Å². The van der Waals surface area contributed by atoms with E-state index in [1.807, 2.05) is 13.8 Å². The van der Waals surface area contributed by atoms with Gasteiger partial charge in [0.1, 0.15) is 0 Å². The van der Waals surface area contributed by atoms with Crippen molar-refractivity contribution in [2.45, 2.75) is 52.1 Å². The van der Waals surface area contributed by atoms with Crippen molar-refractivity contribution < 1.29 is 9.84 Å². The molecule has 2 nitrogen and oxygen atoms in total. The van der Waals surface area contributed by atoms with E-state index in [-0.39, 0.29) is 0 Å². The van der Waals surface area contributed by atoms with Crippen LogP contribution in [0.5, 0.6) is 0 Å². The van der Waals surface area contributed by atoms with Crippen molar-refractivity contribution >= 4 is 0 Å². The molecule has 0 heterocycles. The standard InChI is InChI=1S/C12H24O2/c1-10(9-11(2)14-5)7-6-8-12(3,4)13/h10,13H,2,6-9H2,1,3-5H3. The van der Waals surface area contributed by atoms with Crippen molar-refractivity contribution in [1.82, 2.24) is 0 Å². The molecule has 0 aromatic carbocycles. The summed E-state index contributed by atoms with van der Waals surface area (Å²) in [5.74, 6) is 1.44. The van der Waals surface area contributed by atoms with E-state index in [9.17, 15) is 5.11 Å². The van der Waals surface area contributed by atoms with E-state index in [1.54, 1.807) is 7.11 Å². The van der Waals surface area contributed by atoms with Crippen LogP contribution in [0, 0.1) is 5.92 Å². The van der Waals surface area contributed by atoms with Crippen LogP contribution in [0.1, 0.15) is 46.5 Å². The van der Waals surface area contributed by atoms with E-state index >= 15 is 0 Å². The first-order chi connectivity index (χ1) is 6.35. The highest BCUT2D eigenvalue weighted by atomic mass is 16.5. The van der Waals surface area contributed by atoms with Gasteiger partial charge in [-0.2, -0.15) is 0 Å². The van der Waals surface area contributed by atoms with Crippen LogP contribution < -0.4 is 0 Å². The van der Waals surface area contributed by atoms with Crippen LogP contribution in [0.2, 0.25) is 0 Å². The fourth-order valence-corrected chi connectivity index (χ4v) is 1.46. The van der Waals surface area contributed by atoms with Crippen LogP contribution in [0.3, 0.4) is 0 Å². The summed E-state index contributed by atoms with van der Waals surface area (Å²) < 4.78 is 5.02. The van der Waals surface area contributed by atoms with Crippen LogP contribution in [-0.4, -0.2) is 17.8 Å². The Kier molecular flexibility index (Phi) is 5.86. The average Bonchev–Trinajstić information content (AvgIpc) is 2.01. The molecule has 0 bridgehead atoms. The monoisotopic (exact) mass is 200 g/mol. The minimum atomic E-state index is -0.530. The number of rotatable bonds is 7. The maximum atomic E-state index is 9.52. The Bertz CT molecular complexity index is 168. The molecule has 1 atom stereocenters. The Balaban J connectivity index is 3.54. The summed E-state index contributed by atoms with van der Waals surface area (Å²) in [6.45, 7) is 9.69. The smallest absolute Gasteiger partial charge is 0.0886 e. The number of ether oxygens (including phenoxy) is 1. The molecular weight excluding hydrogens is 176 g/mol. The molecule has 14 heavy (non-hydrogen) atoms. The van der Waals surface area contributed by atoms with Crippen LogP contribution in [0.15, 0.2) is 12.3 Å². The maximum absolute atomic E-state index is 9.52. The van der Waals surface area contributed by atoms with Gasteiger partial charge in [-0.1, -0.05) is 26.3 Å². The molecule has 2 heteroatoms. The van der Waals surface area contributed by atoms with Crippen LogP contribution in [-0.2, 0) is 4.74 Å². The highest BCUT2D eigenvalue weighted by molar-refractivity contribution is 4.83. The van der Waals surface area contributed by atoms with Gasteiger partial charge in [-0.3, -0.25) is 0 Å². The van der Waals surface area contributed by atoms with Crippen molar-refractivity contribution in [2.75, 3.05) is 7.11 Å². The fourth-order valence-electron chi connectivity index (χ4n) is 1.46. The molecule has 0 aromatic rings. The van der Waals surface area contributed by atoms with Gasteiger partial charge in [-0.15, -0.1) is 0 Å². The van der Waals surface area contributed by atoms with Crippen molar-refractivity contribution in [3.05, 3.63) is 12.3 Å². The minimum Gasteiger partial charge on any atom is -0.502 e. The molecule has 0 fully saturated rings. The first-order valence-electron chi connectivity index (χ1n) is 5.29. The van der Waals surface area contributed by atoms with E-state index in [1.165, 1.54) is 0 Å². The Morgan fingerprint density at radius 3 is 2.50 bits per heavy atom. The number of aliphatic hydroxyl groups is 1. The summed E-state index contributed by atoms with van der Waals surface area (Å²) in [4.78, 5) is 0. The first-order valence-corrected chi connectivity index (χ1v) is 5.29. The summed E-state index contributed by atoms with van der Waals surface area (Å²) in [5, 5.41) is 9.52. The van der Waals surface area contributed by atoms with Gasteiger partial charge in [0.05, 0.1) is 18.5 Å². The largest absolute Gasteiger partial charge is 0.502 e. The zero-order valence-electron chi connectivity index (χ0n) is 9.97. The summed E-state index contributed by atoms with van der Waals surface area (Å²) in [6, 6.07) is 0. The zero-order chi connectivity index (χ0) is 11.2. The molecule has 84 valence electrons. The van der Waals surface area contributed by atoms with Gasteiger partial charge >= 0.3 is 0 Å². The third-order valence-corrected chi connectivity index (χ3v) is 2.35. The summed E-state index contributed by atoms with van der Waals surface area (Å²) >= 11 is 0. The lowest BCUT2D eigenvalue weighted by Gasteiger charge is -2.18. The fraction of sp³-hybridized carbons (Fsp3) is 0.833. The van der Waals surface area contributed by atoms with Crippen molar-refractivity contribution in [1.29, 1.82) is 0 Å². The second-order valence-corrected chi connectivity index (χ2v) is 4.76. The third kappa shape index (κ3) is 8.11. The Hall–Kier alpha value is -0.500. The van der Waals surface area contributed by atoms with Gasteiger partial charge in [-0.25, -0.2) is 0 Å². The summed E-state index contributed by atoms with van der Waals surface area (Å²) in [6.07, 6.45) is 3.95. The number of methoxy groups -OCH3 is 1. The zero-order valence-corrected chi connectivity index (χ0v) is 9.97.